The minimum Gasteiger partial charge on any atom is -0.462 e. The van der Waals surface area contributed by atoms with Crippen LogP contribution in [0.1, 0.15) is 239 Å². The number of aliphatic hydroxyl groups is 1. The zero-order valence-corrected chi connectivity index (χ0v) is 44.2. The molecule has 0 fully saturated rings. The third kappa shape index (κ3) is 48.2. The molecular weight excluding hydrogens is 880 g/mol. The standard InChI is InChI=1S/C56H99O11P/c1-4-7-10-13-16-19-22-25-26-29-32-35-38-41-44-47-56(60)67-53(49-63-54(58)45-42-39-36-33-30-27-23-20-17-14-11-8-5-2)51-65-68(61,62)64-50-52(48-57)66-55(59)46-43-40-37-34-31-28-24-21-18-15-12-9-6-3/h7,10,16,19-20,23,25-26,32,35,52-53,57H,4-6,8-9,11-15,17-18,21-22,24,27-31,33-34,36-51H2,1-3H3,(H,61,62)/b10-7-,19-16-,23-20-,26-25-,35-32-. The molecule has 2 N–H and O–H groups in total. The molecule has 0 saturated heterocycles. The van der Waals surface area contributed by atoms with Crippen LogP contribution in [-0.4, -0.2) is 66.5 Å². The van der Waals surface area contributed by atoms with Gasteiger partial charge in [0.2, 0.25) is 0 Å². The van der Waals surface area contributed by atoms with Crippen molar-refractivity contribution >= 4 is 25.7 Å². The van der Waals surface area contributed by atoms with Crippen LogP contribution in [0.2, 0.25) is 0 Å². The average molecular weight is 979 g/mol. The molecule has 0 heterocycles. The topological polar surface area (TPSA) is 155 Å². The van der Waals surface area contributed by atoms with E-state index < -0.39 is 57.8 Å². The maximum Gasteiger partial charge on any atom is 0.472 e. The van der Waals surface area contributed by atoms with Crippen molar-refractivity contribution in [1.82, 2.24) is 0 Å². The minimum absolute atomic E-state index is 0.114. The van der Waals surface area contributed by atoms with E-state index in [0.29, 0.717) is 19.3 Å². The van der Waals surface area contributed by atoms with Gasteiger partial charge in [0, 0.05) is 19.3 Å². The summed E-state index contributed by atoms with van der Waals surface area (Å²) in [5.74, 6) is -1.52. The fourth-order valence-electron chi connectivity index (χ4n) is 7.28. The fourth-order valence-corrected chi connectivity index (χ4v) is 8.07. The second-order valence-corrected chi connectivity index (χ2v) is 19.5. The molecule has 394 valence electrons. The van der Waals surface area contributed by atoms with Crippen molar-refractivity contribution in [2.24, 2.45) is 0 Å². The van der Waals surface area contributed by atoms with Crippen molar-refractivity contribution in [1.29, 1.82) is 0 Å². The maximum atomic E-state index is 12.9. The van der Waals surface area contributed by atoms with Crippen LogP contribution < -0.4 is 0 Å². The highest BCUT2D eigenvalue weighted by molar-refractivity contribution is 7.47. The van der Waals surface area contributed by atoms with Crippen molar-refractivity contribution < 1.29 is 52.2 Å². The Kier molecular flexibility index (Phi) is 48.5. The molecule has 0 radical (unpaired) electrons. The van der Waals surface area contributed by atoms with E-state index in [1.165, 1.54) is 83.5 Å². The second-order valence-electron chi connectivity index (χ2n) is 18.0. The van der Waals surface area contributed by atoms with Crippen molar-refractivity contribution in [3.8, 4) is 0 Å². The molecule has 0 aromatic carbocycles. The van der Waals surface area contributed by atoms with Gasteiger partial charge < -0.3 is 24.2 Å². The van der Waals surface area contributed by atoms with E-state index >= 15 is 0 Å². The predicted octanol–water partition coefficient (Wildman–Crippen LogP) is 15.6. The van der Waals surface area contributed by atoms with Gasteiger partial charge >= 0.3 is 25.7 Å². The van der Waals surface area contributed by atoms with Gasteiger partial charge in [0.05, 0.1) is 19.8 Å². The SMILES string of the molecule is CC/C=C\C/C=C\C/C=C\C/C=C\CCCCC(=O)OC(COC(=O)CCCCCCC/C=C\CCCCCC)COP(=O)(O)OCC(CO)OC(=O)CCCCCCCCCCCCCCC. The first-order chi connectivity index (χ1) is 33.2. The number of phosphoric acid groups is 1. The van der Waals surface area contributed by atoms with E-state index in [2.05, 4.69) is 81.5 Å². The number of carbonyl (C=O) groups excluding carboxylic acids is 3. The van der Waals surface area contributed by atoms with Crippen molar-refractivity contribution in [3.63, 3.8) is 0 Å². The number of ether oxygens (including phenoxy) is 3. The average Bonchev–Trinajstić information content (AvgIpc) is 3.32. The first-order valence-electron chi connectivity index (χ1n) is 27.2. The van der Waals surface area contributed by atoms with Crippen LogP contribution in [0.5, 0.6) is 0 Å². The number of allylic oxidation sites excluding steroid dienone is 10. The number of unbranched alkanes of at least 4 members (excludes halogenated alkanes) is 23. The van der Waals surface area contributed by atoms with Crippen LogP contribution in [0.15, 0.2) is 60.8 Å². The molecule has 12 heteroatoms. The van der Waals surface area contributed by atoms with Crippen molar-refractivity contribution in [2.75, 3.05) is 26.4 Å². The monoisotopic (exact) mass is 979 g/mol. The number of phosphoric ester groups is 1. The number of hydrogen-bond donors (Lipinski definition) is 2. The van der Waals surface area contributed by atoms with Crippen LogP contribution in [0.25, 0.3) is 0 Å². The molecule has 0 aliphatic heterocycles. The third-order valence-electron chi connectivity index (χ3n) is 11.4. The van der Waals surface area contributed by atoms with Crippen LogP contribution in [0.4, 0.5) is 0 Å². The molecule has 0 aliphatic carbocycles. The summed E-state index contributed by atoms with van der Waals surface area (Å²) in [6.45, 7) is 4.46. The van der Waals surface area contributed by atoms with Crippen LogP contribution in [-0.2, 0) is 42.2 Å². The summed E-state index contributed by atoms with van der Waals surface area (Å²) in [6.07, 6.45) is 53.3. The number of rotatable bonds is 50. The molecule has 0 rings (SSSR count). The van der Waals surface area contributed by atoms with Gasteiger partial charge in [-0.05, 0) is 83.5 Å². The highest BCUT2D eigenvalue weighted by atomic mass is 31.2. The lowest BCUT2D eigenvalue weighted by Gasteiger charge is -2.21. The van der Waals surface area contributed by atoms with E-state index in [9.17, 15) is 28.9 Å². The Morgan fingerprint density at radius 1 is 0.426 bits per heavy atom. The maximum absolute atomic E-state index is 12.9. The number of aliphatic hydroxyl groups excluding tert-OH is 1. The van der Waals surface area contributed by atoms with E-state index in [1.54, 1.807) is 0 Å². The normalized spacial score (nSPS) is 13.9. The Bertz CT molecular complexity index is 1370. The highest BCUT2D eigenvalue weighted by Gasteiger charge is 2.28. The van der Waals surface area contributed by atoms with Gasteiger partial charge in [0.15, 0.2) is 6.10 Å². The molecule has 68 heavy (non-hydrogen) atoms. The summed E-state index contributed by atoms with van der Waals surface area (Å²) in [5.41, 5.74) is 0. The molecule has 0 saturated carbocycles. The Hall–Kier alpha value is -2.82. The molecule has 0 aromatic rings. The van der Waals surface area contributed by atoms with Gasteiger partial charge in [0.1, 0.15) is 12.7 Å². The zero-order valence-electron chi connectivity index (χ0n) is 43.3. The lowest BCUT2D eigenvalue weighted by atomic mass is 10.0. The van der Waals surface area contributed by atoms with Crippen molar-refractivity contribution in [2.45, 2.75) is 251 Å². The van der Waals surface area contributed by atoms with Crippen LogP contribution >= 0.6 is 7.82 Å². The van der Waals surface area contributed by atoms with Gasteiger partial charge in [-0.15, -0.1) is 0 Å². The van der Waals surface area contributed by atoms with Crippen LogP contribution in [0.3, 0.4) is 0 Å². The molecule has 0 bridgehead atoms. The van der Waals surface area contributed by atoms with Gasteiger partial charge in [-0.3, -0.25) is 23.4 Å². The summed E-state index contributed by atoms with van der Waals surface area (Å²) in [7, 11) is -4.75. The summed E-state index contributed by atoms with van der Waals surface area (Å²) in [6, 6.07) is 0. The summed E-state index contributed by atoms with van der Waals surface area (Å²) in [5, 5.41) is 9.78. The van der Waals surface area contributed by atoms with E-state index in [-0.39, 0.29) is 25.9 Å². The fraction of sp³-hybridized carbons (Fsp3) is 0.768. The van der Waals surface area contributed by atoms with Gasteiger partial charge in [0.25, 0.3) is 0 Å². The first-order valence-corrected chi connectivity index (χ1v) is 28.7. The number of esters is 3. The Balaban J connectivity index is 4.79. The quantitative estimate of drug-likeness (QED) is 0.0197. The molecule has 0 amide bonds. The number of carbonyl (C=O) groups is 3. The van der Waals surface area contributed by atoms with Crippen molar-refractivity contribution in [3.05, 3.63) is 60.8 Å². The molecule has 0 spiro atoms. The largest absolute Gasteiger partial charge is 0.472 e. The smallest absolute Gasteiger partial charge is 0.462 e. The zero-order chi connectivity index (χ0) is 49.9. The summed E-state index contributed by atoms with van der Waals surface area (Å²) in [4.78, 5) is 48.4. The lowest BCUT2D eigenvalue weighted by molar-refractivity contribution is -0.161. The Labute approximate surface area is 415 Å². The minimum atomic E-state index is -4.75. The Morgan fingerprint density at radius 2 is 0.765 bits per heavy atom. The Morgan fingerprint density at radius 3 is 1.24 bits per heavy atom. The molecule has 3 unspecified atom stereocenters. The van der Waals surface area contributed by atoms with Gasteiger partial charge in [-0.2, -0.15) is 0 Å². The van der Waals surface area contributed by atoms with E-state index in [0.717, 1.165) is 96.3 Å². The van der Waals surface area contributed by atoms with E-state index in [4.69, 9.17) is 23.3 Å². The summed E-state index contributed by atoms with van der Waals surface area (Å²) >= 11 is 0. The second kappa shape index (κ2) is 50.6. The highest BCUT2D eigenvalue weighted by Crippen LogP contribution is 2.43. The molecule has 0 aromatic heterocycles. The summed E-state index contributed by atoms with van der Waals surface area (Å²) < 4.78 is 39.4. The lowest BCUT2D eigenvalue weighted by Crippen LogP contribution is -2.30. The van der Waals surface area contributed by atoms with Crippen LogP contribution in [0, 0.1) is 0 Å². The van der Waals surface area contributed by atoms with Gasteiger partial charge in [-0.1, -0.05) is 197 Å². The van der Waals surface area contributed by atoms with Gasteiger partial charge in [-0.25, -0.2) is 4.57 Å². The number of hydrogen-bond acceptors (Lipinski definition) is 10. The molecular formula is C56H99O11P. The third-order valence-corrected chi connectivity index (χ3v) is 12.4. The molecule has 3 atom stereocenters. The van der Waals surface area contributed by atoms with E-state index in [1.807, 2.05) is 0 Å². The predicted molar refractivity (Wildman–Crippen MR) is 279 cm³/mol. The molecule has 0 aliphatic rings. The first kappa shape index (κ1) is 65.2. The molecule has 11 nitrogen and oxygen atoms in total.